The highest BCUT2D eigenvalue weighted by Gasteiger charge is 2.63. The highest BCUT2D eigenvalue weighted by atomic mass is 16.5. The molecule has 0 aromatic carbocycles. The number of Topliss-reactive ketones (excluding diaryl/α,β-unsaturated/α-hetero) is 2. The van der Waals surface area contributed by atoms with Crippen molar-refractivity contribution >= 4 is 23.5 Å². The van der Waals surface area contributed by atoms with Crippen LogP contribution in [0.1, 0.15) is 107 Å². The van der Waals surface area contributed by atoms with Gasteiger partial charge in [0.2, 0.25) is 0 Å². The van der Waals surface area contributed by atoms with Crippen LogP contribution in [0.4, 0.5) is 0 Å². The number of carbonyl (C=O) groups is 4. The Bertz CT molecular complexity index is 1290. The fourth-order valence-electron chi connectivity index (χ4n) is 11.9. The zero-order chi connectivity index (χ0) is 37.0. The van der Waals surface area contributed by atoms with Crippen molar-refractivity contribution in [3.05, 3.63) is 23.3 Å². The van der Waals surface area contributed by atoms with E-state index in [2.05, 4.69) is 55.4 Å². The molecule has 6 aliphatic rings. The predicted molar refractivity (Wildman–Crippen MR) is 191 cm³/mol. The number of ketones is 2. The molecule has 8 nitrogen and oxygen atoms in total. The van der Waals surface area contributed by atoms with Gasteiger partial charge in [0.05, 0.1) is 48.4 Å². The molecule has 4 saturated carbocycles. The molecule has 0 amide bonds. The molecule has 8 bridgehead atoms. The van der Waals surface area contributed by atoms with Gasteiger partial charge in [-0.15, -0.1) is 0 Å². The van der Waals surface area contributed by atoms with E-state index in [1.807, 2.05) is 0 Å². The SMILES string of the molecule is COC(=O)C1=C[C@H]2[C@@H](C(C)C)CC[C@@H](C)[C@@H]3CC[C@@H](C)[C@@]2(O)[C@@H]3C1=O.COC(=O)C1=C[C@H]2[C@@H](C(C)C)CC[C@@H](C)[C@@H]3CC[C@@H](C)[C@@]2(O)[C@@H]3C1=O. The number of hydrogen-bond donors (Lipinski definition) is 2. The van der Waals surface area contributed by atoms with Gasteiger partial charge >= 0.3 is 11.9 Å². The second kappa shape index (κ2) is 14.6. The second-order valence-corrected chi connectivity index (χ2v) is 17.9. The summed E-state index contributed by atoms with van der Waals surface area (Å²) in [6, 6.07) is 0. The Balaban J connectivity index is 0.000000194. The molecule has 6 aliphatic carbocycles. The predicted octanol–water partition coefficient (Wildman–Crippen LogP) is 6.76. The number of rotatable bonds is 4. The summed E-state index contributed by atoms with van der Waals surface area (Å²) in [4.78, 5) is 51.1. The van der Waals surface area contributed by atoms with E-state index in [0.717, 1.165) is 51.4 Å². The Morgan fingerprint density at radius 2 is 0.960 bits per heavy atom. The summed E-state index contributed by atoms with van der Waals surface area (Å²) in [6.07, 6.45) is 11.6. The van der Waals surface area contributed by atoms with Crippen LogP contribution in [0.5, 0.6) is 0 Å². The number of ether oxygens (including phenoxy) is 2. The lowest BCUT2D eigenvalue weighted by Crippen LogP contribution is -2.64. The average Bonchev–Trinajstić information content (AvgIpc) is 3.06. The first-order valence-electron chi connectivity index (χ1n) is 19.6. The van der Waals surface area contributed by atoms with Crippen LogP contribution in [0, 0.1) is 82.9 Å². The third kappa shape index (κ3) is 6.16. The highest BCUT2D eigenvalue weighted by Crippen LogP contribution is 2.59. The van der Waals surface area contributed by atoms with Gasteiger partial charge in [-0.05, 0) is 97.7 Å². The van der Waals surface area contributed by atoms with Crippen molar-refractivity contribution in [3.8, 4) is 0 Å². The molecule has 0 heterocycles. The van der Waals surface area contributed by atoms with E-state index in [9.17, 15) is 29.4 Å². The monoisotopic (exact) mass is 696 g/mol. The van der Waals surface area contributed by atoms with Gasteiger partial charge in [-0.25, -0.2) is 9.59 Å². The lowest BCUT2D eigenvalue weighted by Gasteiger charge is -2.58. The first-order valence-corrected chi connectivity index (χ1v) is 19.6. The fourth-order valence-corrected chi connectivity index (χ4v) is 11.9. The summed E-state index contributed by atoms with van der Waals surface area (Å²) < 4.78 is 9.78. The van der Waals surface area contributed by atoms with E-state index in [0.29, 0.717) is 23.7 Å². The number of carbonyl (C=O) groups excluding carboxylic acids is 4. The van der Waals surface area contributed by atoms with Gasteiger partial charge in [0.25, 0.3) is 0 Å². The van der Waals surface area contributed by atoms with E-state index < -0.39 is 35.0 Å². The summed E-state index contributed by atoms with van der Waals surface area (Å²) in [6.45, 7) is 17.3. The Kier molecular flexibility index (Phi) is 11.4. The van der Waals surface area contributed by atoms with Gasteiger partial charge in [0.1, 0.15) is 0 Å². The molecule has 0 unspecified atom stereocenters. The maximum absolute atomic E-state index is 13.3. The Labute approximate surface area is 300 Å². The third-order valence-corrected chi connectivity index (χ3v) is 15.0. The Hall–Kier alpha value is -2.32. The molecule has 8 heteroatoms. The minimum atomic E-state index is -1.04. The summed E-state index contributed by atoms with van der Waals surface area (Å²) >= 11 is 0. The summed E-state index contributed by atoms with van der Waals surface area (Å²) in [5.41, 5.74) is -1.75. The maximum Gasteiger partial charge on any atom is 0.341 e. The molecule has 14 atom stereocenters. The van der Waals surface area contributed by atoms with Crippen LogP contribution in [0.15, 0.2) is 23.3 Å². The van der Waals surface area contributed by atoms with Crippen molar-refractivity contribution in [2.24, 2.45) is 82.9 Å². The molecule has 6 rings (SSSR count). The number of hydrogen-bond acceptors (Lipinski definition) is 8. The van der Waals surface area contributed by atoms with Crippen molar-refractivity contribution in [3.63, 3.8) is 0 Å². The van der Waals surface area contributed by atoms with E-state index in [-0.39, 0.29) is 70.1 Å². The average molecular weight is 697 g/mol. The highest BCUT2D eigenvalue weighted by molar-refractivity contribution is 6.20. The molecule has 0 aromatic heterocycles. The zero-order valence-corrected chi connectivity index (χ0v) is 32.2. The van der Waals surface area contributed by atoms with Gasteiger partial charge in [-0.1, -0.05) is 80.4 Å². The van der Waals surface area contributed by atoms with Crippen molar-refractivity contribution < 1.29 is 38.9 Å². The van der Waals surface area contributed by atoms with Gasteiger partial charge in [0.15, 0.2) is 11.6 Å². The van der Waals surface area contributed by atoms with Crippen molar-refractivity contribution in [2.45, 2.75) is 118 Å². The number of methoxy groups -OCH3 is 2. The summed E-state index contributed by atoms with van der Waals surface area (Å²) in [5, 5.41) is 23.8. The Morgan fingerprint density at radius 1 is 0.620 bits per heavy atom. The number of esters is 2. The van der Waals surface area contributed by atoms with Crippen LogP contribution >= 0.6 is 0 Å². The van der Waals surface area contributed by atoms with Crippen LogP contribution in [-0.2, 0) is 28.7 Å². The fraction of sp³-hybridized carbons (Fsp3) is 0.810. The molecule has 4 fully saturated rings. The first kappa shape index (κ1) is 38.9. The standard InChI is InChI=1S/2C21H32O4/c2*1-11(2)14-8-6-12(3)15-9-7-13(4)21(24)17(14)10-16(20(23)25-5)19(22)18(15)21/h2*10-15,17-18,24H,6-9H2,1-5H3/t2*12-,13-,14-,15+,17+,18+,21+/m11/s1. The van der Waals surface area contributed by atoms with E-state index in [1.54, 1.807) is 12.2 Å². The van der Waals surface area contributed by atoms with Crippen LogP contribution in [0.3, 0.4) is 0 Å². The molecule has 0 radical (unpaired) electrons. The summed E-state index contributed by atoms with van der Waals surface area (Å²) in [5.74, 6) is -0.270. The lowest BCUT2D eigenvalue weighted by atomic mass is 9.48. The quantitative estimate of drug-likeness (QED) is 0.244. The van der Waals surface area contributed by atoms with Crippen LogP contribution in [-0.4, -0.2) is 59.1 Å². The molecule has 2 N–H and O–H groups in total. The van der Waals surface area contributed by atoms with Gasteiger partial charge < -0.3 is 19.7 Å². The summed E-state index contributed by atoms with van der Waals surface area (Å²) in [7, 11) is 2.64. The molecule has 280 valence electrons. The van der Waals surface area contributed by atoms with Crippen molar-refractivity contribution in [1.82, 2.24) is 0 Å². The van der Waals surface area contributed by atoms with E-state index in [1.165, 1.54) is 14.2 Å². The minimum absolute atomic E-state index is 0.0599. The lowest BCUT2D eigenvalue weighted by molar-refractivity contribution is -0.184. The molecular weight excluding hydrogens is 632 g/mol. The smallest absolute Gasteiger partial charge is 0.341 e. The minimum Gasteiger partial charge on any atom is -0.465 e. The van der Waals surface area contributed by atoms with Crippen LogP contribution in [0.25, 0.3) is 0 Å². The van der Waals surface area contributed by atoms with Crippen LogP contribution < -0.4 is 0 Å². The molecular formula is C42H64O8. The molecule has 0 aliphatic heterocycles. The second-order valence-electron chi connectivity index (χ2n) is 17.9. The van der Waals surface area contributed by atoms with Gasteiger partial charge in [-0.3, -0.25) is 9.59 Å². The third-order valence-electron chi connectivity index (χ3n) is 15.0. The largest absolute Gasteiger partial charge is 0.465 e. The molecule has 50 heavy (non-hydrogen) atoms. The number of aliphatic hydroxyl groups is 2. The van der Waals surface area contributed by atoms with Crippen LogP contribution in [0.2, 0.25) is 0 Å². The van der Waals surface area contributed by atoms with Crippen molar-refractivity contribution in [2.75, 3.05) is 14.2 Å². The zero-order valence-electron chi connectivity index (χ0n) is 32.2. The molecule has 0 saturated heterocycles. The topological polar surface area (TPSA) is 127 Å². The van der Waals surface area contributed by atoms with E-state index >= 15 is 0 Å². The Morgan fingerprint density at radius 3 is 1.26 bits per heavy atom. The van der Waals surface area contributed by atoms with E-state index in [4.69, 9.17) is 9.47 Å². The van der Waals surface area contributed by atoms with Gasteiger partial charge in [0, 0.05) is 11.8 Å². The maximum atomic E-state index is 13.3. The molecule has 0 spiro atoms. The van der Waals surface area contributed by atoms with Gasteiger partial charge in [-0.2, -0.15) is 0 Å². The molecule has 0 aromatic rings. The van der Waals surface area contributed by atoms with Crippen molar-refractivity contribution in [1.29, 1.82) is 0 Å². The first-order chi connectivity index (χ1) is 23.5. The normalized spacial score (nSPS) is 44.0.